The van der Waals surface area contributed by atoms with Crippen LogP contribution >= 0.6 is 0 Å². The molecule has 4 heteroatoms. The highest BCUT2D eigenvalue weighted by atomic mass is 28.1. The van der Waals surface area contributed by atoms with E-state index in [9.17, 15) is 9.59 Å². The Balaban J connectivity index is 2.92. The number of carbonyl (C=O) groups is 2. The summed E-state index contributed by atoms with van der Waals surface area (Å²) in [7, 11) is 3.43. The van der Waals surface area contributed by atoms with Crippen molar-refractivity contribution in [2.24, 2.45) is 0 Å². The van der Waals surface area contributed by atoms with Crippen molar-refractivity contribution in [2.45, 2.75) is 20.8 Å². The minimum atomic E-state index is -0.314. The second-order valence-electron chi connectivity index (χ2n) is 3.78. The number of fused-ring (bicyclic) bond motifs is 1. The third kappa shape index (κ3) is 1.18. The molecule has 0 saturated heterocycles. The molecule has 1 heterocycles. The quantitative estimate of drug-likeness (QED) is 0.500. The molecule has 2 amide bonds. The van der Waals surface area contributed by atoms with Crippen LogP contribution in [-0.2, 0) is 0 Å². The topological polar surface area (TPSA) is 46.2 Å². The SMILES string of the molecule is Cc1c(C)c([Si])c2c(c1C)C(=O)NC2=O. The van der Waals surface area contributed by atoms with E-state index < -0.39 is 0 Å². The zero-order valence-electron chi connectivity index (χ0n) is 8.82. The fourth-order valence-electron chi connectivity index (χ4n) is 1.90. The number of rotatable bonds is 0. The zero-order valence-corrected chi connectivity index (χ0v) is 9.82. The van der Waals surface area contributed by atoms with Crippen LogP contribution in [0.3, 0.4) is 0 Å². The van der Waals surface area contributed by atoms with Crippen LogP contribution in [-0.4, -0.2) is 22.1 Å². The number of amides is 2. The summed E-state index contributed by atoms with van der Waals surface area (Å²) < 4.78 is 0. The van der Waals surface area contributed by atoms with Crippen LogP contribution in [0, 0.1) is 20.8 Å². The molecular weight excluding hydrogens is 206 g/mol. The largest absolute Gasteiger partial charge is 0.288 e. The van der Waals surface area contributed by atoms with Gasteiger partial charge in [-0.15, -0.1) is 0 Å². The Bertz CT molecular complexity index is 461. The third-order valence-corrected chi connectivity index (χ3v) is 3.68. The molecule has 1 N–H and O–H groups in total. The zero-order chi connectivity index (χ0) is 11.3. The van der Waals surface area contributed by atoms with Gasteiger partial charge in [0.05, 0.1) is 21.4 Å². The second-order valence-corrected chi connectivity index (χ2v) is 4.28. The molecule has 0 spiro atoms. The first-order valence-electron chi connectivity index (χ1n) is 4.66. The van der Waals surface area contributed by atoms with Crippen LogP contribution in [0.15, 0.2) is 0 Å². The van der Waals surface area contributed by atoms with Crippen LogP contribution < -0.4 is 10.5 Å². The first-order chi connectivity index (χ1) is 6.95. The van der Waals surface area contributed by atoms with E-state index in [1.165, 1.54) is 0 Å². The van der Waals surface area contributed by atoms with E-state index in [0.29, 0.717) is 11.1 Å². The van der Waals surface area contributed by atoms with Crippen molar-refractivity contribution in [2.75, 3.05) is 0 Å². The minimum absolute atomic E-state index is 0.296. The van der Waals surface area contributed by atoms with Crippen molar-refractivity contribution in [3.63, 3.8) is 0 Å². The van der Waals surface area contributed by atoms with Crippen molar-refractivity contribution >= 4 is 27.2 Å². The molecule has 0 atom stereocenters. The highest BCUT2D eigenvalue weighted by molar-refractivity contribution is 6.41. The lowest BCUT2D eigenvalue weighted by Crippen LogP contribution is -2.24. The summed E-state index contributed by atoms with van der Waals surface area (Å²) in [6.07, 6.45) is 0. The summed E-state index contributed by atoms with van der Waals surface area (Å²) in [5.41, 5.74) is 3.91. The molecule has 2 rings (SSSR count). The van der Waals surface area contributed by atoms with Gasteiger partial charge in [0, 0.05) is 0 Å². The normalized spacial score (nSPS) is 14.1. The van der Waals surface area contributed by atoms with Crippen molar-refractivity contribution < 1.29 is 9.59 Å². The summed E-state index contributed by atoms with van der Waals surface area (Å²) in [5, 5.41) is 3.03. The Labute approximate surface area is 91.3 Å². The third-order valence-electron chi connectivity index (χ3n) is 3.06. The van der Waals surface area contributed by atoms with Gasteiger partial charge < -0.3 is 0 Å². The lowest BCUT2D eigenvalue weighted by Gasteiger charge is -2.12. The Morgan fingerprint density at radius 1 is 0.867 bits per heavy atom. The van der Waals surface area contributed by atoms with E-state index in [-0.39, 0.29) is 11.8 Å². The van der Waals surface area contributed by atoms with Gasteiger partial charge in [0.1, 0.15) is 0 Å². The fourth-order valence-corrected chi connectivity index (χ4v) is 2.32. The average molecular weight is 216 g/mol. The molecule has 0 fully saturated rings. The van der Waals surface area contributed by atoms with Crippen LogP contribution in [0.1, 0.15) is 37.4 Å². The molecule has 0 saturated carbocycles. The van der Waals surface area contributed by atoms with Crippen LogP contribution in [0.2, 0.25) is 0 Å². The summed E-state index contributed by atoms with van der Waals surface area (Å²) in [4.78, 5) is 23.1. The summed E-state index contributed by atoms with van der Waals surface area (Å²) >= 11 is 0. The maximum absolute atomic E-state index is 11.6. The Morgan fingerprint density at radius 2 is 1.40 bits per heavy atom. The van der Waals surface area contributed by atoms with Gasteiger partial charge in [-0.1, -0.05) is 5.19 Å². The molecule has 0 aliphatic carbocycles. The monoisotopic (exact) mass is 216 g/mol. The maximum atomic E-state index is 11.6. The summed E-state index contributed by atoms with van der Waals surface area (Å²) in [6, 6.07) is 0. The molecule has 3 radical (unpaired) electrons. The lowest BCUT2D eigenvalue weighted by molar-refractivity contribution is 0.0880. The first-order valence-corrected chi connectivity index (χ1v) is 5.16. The van der Waals surface area contributed by atoms with E-state index in [4.69, 9.17) is 0 Å². The predicted octanol–water partition coefficient (Wildman–Crippen LogP) is 0.289. The van der Waals surface area contributed by atoms with Gasteiger partial charge in [-0.05, 0) is 37.5 Å². The number of imide groups is 1. The average Bonchev–Trinajstić information content (AvgIpc) is 2.47. The summed E-state index contributed by atoms with van der Waals surface area (Å²) in [5.74, 6) is -0.610. The van der Waals surface area contributed by atoms with Gasteiger partial charge in [-0.2, -0.15) is 0 Å². The molecule has 0 bridgehead atoms. The summed E-state index contributed by atoms with van der Waals surface area (Å²) in [6.45, 7) is 5.75. The molecule has 0 aromatic heterocycles. The van der Waals surface area contributed by atoms with Crippen LogP contribution in [0.5, 0.6) is 0 Å². The Morgan fingerprint density at radius 3 is 2.00 bits per heavy atom. The molecule has 15 heavy (non-hydrogen) atoms. The molecule has 75 valence electrons. The van der Waals surface area contributed by atoms with E-state index in [0.717, 1.165) is 21.9 Å². The van der Waals surface area contributed by atoms with E-state index in [1.807, 2.05) is 20.8 Å². The first kappa shape index (κ1) is 10.1. The molecule has 1 aromatic rings. The molecular formula is C11H10NO2Si. The number of hydrogen-bond donors (Lipinski definition) is 1. The van der Waals surface area contributed by atoms with Crippen molar-refractivity contribution in [1.82, 2.24) is 5.32 Å². The lowest BCUT2D eigenvalue weighted by atomic mass is 9.94. The highest BCUT2D eigenvalue weighted by Gasteiger charge is 2.31. The Hall–Kier alpha value is -1.42. The van der Waals surface area contributed by atoms with Gasteiger partial charge >= 0.3 is 0 Å². The van der Waals surface area contributed by atoms with Gasteiger partial charge in [-0.3, -0.25) is 14.9 Å². The number of carbonyl (C=O) groups excluding carboxylic acids is 2. The maximum Gasteiger partial charge on any atom is 0.259 e. The Kier molecular flexibility index (Phi) is 2.04. The molecule has 1 aliphatic heterocycles. The van der Waals surface area contributed by atoms with Crippen LogP contribution in [0.4, 0.5) is 0 Å². The smallest absolute Gasteiger partial charge is 0.259 e. The van der Waals surface area contributed by atoms with Gasteiger partial charge in [0.25, 0.3) is 11.8 Å². The predicted molar refractivity (Wildman–Crippen MR) is 57.8 cm³/mol. The van der Waals surface area contributed by atoms with Crippen LogP contribution in [0.25, 0.3) is 0 Å². The van der Waals surface area contributed by atoms with Gasteiger partial charge in [0.2, 0.25) is 0 Å². The van der Waals surface area contributed by atoms with Crippen molar-refractivity contribution in [1.29, 1.82) is 0 Å². The van der Waals surface area contributed by atoms with Crippen molar-refractivity contribution in [3.05, 3.63) is 27.8 Å². The van der Waals surface area contributed by atoms with E-state index >= 15 is 0 Å². The molecule has 1 aromatic carbocycles. The standard InChI is InChI=1S/C11H10NO2Si/c1-4-5(2)7-8(9(15)6(4)3)11(14)12-10(7)13/h1-3H3,(H,12,13,14). The fraction of sp³-hybridized carbons (Fsp3) is 0.273. The number of nitrogens with one attached hydrogen (secondary N) is 1. The van der Waals surface area contributed by atoms with E-state index in [1.54, 1.807) is 0 Å². The van der Waals surface area contributed by atoms with Crippen molar-refractivity contribution in [3.8, 4) is 0 Å². The van der Waals surface area contributed by atoms with Gasteiger partial charge in [0.15, 0.2) is 0 Å². The second kappa shape index (κ2) is 3.03. The highest BCUT2D eigenvalue weighted by Crippen LogP contribution is 2.23. The molecule has 1 aliphatic rings. The molecule has 0 unspecified atom stereocenters. The van der Waals surface area contributed by atoms with E-state index in [2.05, 4.69) is 15.6 Å². The van der Waals surface area contributed by atoms with Gasteiger partial charge in [-0.25, -0.2) is 0 Å². The number of benzene rings is 1. The molecule has 3 nitrogen and oxygen atoms in total. The minimum Gasteiger partial charge on any atom is -0.288 e. The number of hydrogen-bond acceptors (Lipinski definition) is 2.